The summed E-state index contributed by atoms with van der Waals surface area (Å²) in [5.74, 6) is 0.257. The van der Waals surface area contributed by atoms with Crippen LogP contribution < -0.4 is 10.1 Å². The molecule has 2 heterocycles. The van der Waals surface area contributed by atoms with Gasteiger partial charge in [-0.25, -0.2) is 9.37 Å². The summed E-state index contributed by atoms with van der Waals surface area (Å²) in [5.41, 5.74) is 8.19. The van der Waals surface area contributed by atoms with Gasteiger partial charge in [-0.3, -0.25) is 4.98 Å². The maximum atomic E-state index is 13.8. The molecule has 0 aliphatic heterocycles. The summed E-state index contributed by atoms with van der Waals surface area (Å²) in [4.78, 5) is 9.19. The molecule has 0 saturated heterocycles. The molecule has 2 aromatic heterocycles. The first-order valence-electron chi connectivity index (χ1n) is 12.7. The fourth-order valence-corrected chi connectivity index (χ4v) is 4.90. The third kappa shape index (κ3) is 5.70. The average Bonchev–Trinajstić information content (AvgIpc) is 2.97. The van der Waals surface area contributed by atoms with E-state index in [2.05, 4.69) is 47.6 Å². The molecule has 0 amide bonds. The number of fused-ring (bicyclic) bond motifs is 1. The quantitative estimate of drug-likeness (QED) is 0.200. The van der Waals surface area contributed by atoms with Gasteiger partial charge in [-0.1, -0.05) is 36.4 Å². The number of methoxy groups -OCH3 is 1. The van der Waals surface area contributed by atoms with Gasteiger partial charge in [0.15, 0.2) is 0 Å². The summed E-state index contributed by atoms with van der Waals surface area (Å²) in [6.45, 7) is 2.11. The summed E-state index contributed by atoms with van der Waals surface area (Å²) in [6.07, 6.45) is 8.88. The number of aromatic nitrogens is 2. The predicted molar refractivity (Wildman–Crippen MR) is 155 cm³/mol. The molecule has 194 valence electrons. The zero-order valence-corrected chi connectivity index (χ0v) is 21.9. The summed E-state index contributed by atoms with van der Waals surface area (Å²) in [7, 11) is 1.65. The largest absolute Gasteiger partial charge is 0.481 e. The lowest BCUT2D eigenvalue weighted by Gasteiger charge is -2.20. The zero-order chi connectivity index (χ0) is 27.2. The number of benzene rings is 3. The number of nitrogens with one attached hydrogen (secondary N) is 2. The molecular formula is C33H29FN4O. The smallest absolute Gasteiger partial charge is 0.217 e. The van der Waals surface area contributed by atoms with Crippen LogP contribution in [0.4, 0.5) is 10.1 Å². The third-order valence-corrected chi connectivity index (χ3v) is 6.88. The van der Waals surface area contributed by atoms with Crippen molar-refractivity contribution < 1.29 is 9.13 Å². The Morgan fingerprint density at radius 3 is 2.44 bits per heavy atom. The fraction of sp³-hybridized carbons (Fsp3) is 0.121. The minimum Gasteiger partial charge on any atom is -0.481 e. The highest BCUT2D eigenvalue weighted by Gasteiger charge is 2.20. The van der Waals surface area contributed by atoms with Gasteiger partial charge in [0, 0.05) is 53.8 Å². The Labute approximate surface area is 227 Å². The fourth-order valence-electron chi connectivity index (χ4n) is 4.90. The second kappa shape index (κ2) is 11.7. The van der Waals surface area contributed by atoms with Gasteiger partial charge in [-0.15, -0.1) is 0 Å². The molecular weight excluding hydrogens is 487 g/mol. The van der Waals surface area contributed by atoms with E-state index in [1.165, 1.54) is 18.3 Å². The molecule has 39 heavy (non-hydrogen) atoms. The molecule has 2 N–H and O–H groups in total. The lowest BCUT2D eigenvalue weighted by Crippen LogP contribution is -2.06. The number of ether oxygens (including phenoxy) is 1. The number of nitrogens with zero attached hydrogens (tertiary/aromatic N) is 2. The maximum absolute atomic E-state index is 13.8. The van der Waals surface area contributed by atoms with Crippen LogP contribution in [-0.4, -0.2) is 23.3 Å². The Hall–Kier alpha value is -4.84. The van der Waals surface area contributed by atoms with Gasteiger partial charge >= 0.3 is 0 Å². The van der Waals surface area contributed by atoms with E-state index >= 15 is 0 Å². The SMILES string of the molecule is COc1nc2ccc(C(c3ccc(F)cc3)c3cccnc3)cc2c(C)c1Cc1ccc(N/C=C\C=N)cc1. The molecule has 5 aromatic rings. The zero-order valence-electron chi connectivity index (χ0n) is 21.9. The Bertz CT molecular complexity index is 1610. The summed E-state index contributed by atoms with van der Waals surface area (Å²) in [5, 5.41) is 11.3. The van der Waals surface area contributed by atoms with Crippen LogP contribution >= 0.6 is 0 Å². The maximum Gasteiger partial charge on any atom is 0.217 e. The molecule has 0 spiro atoms. The van der Waals surface area contributed by atoms with Crippen molar-refractivity contribution in [2.45, 2.75) is 19.3 Å². The summed E-state index contributed by atoms with van der Waals surface area (Å²) >= 11 is 0. The molecule has 3 aromatic carbocycles. The monoisotopic (exact) mass is 516 g/mol. The lowest BCUT2D eigenvalue weighted by atomic mass is 9.85. The van der Waals surface area contributed by atoms with E-state index in [0.717, 1.165) is 50.0 Å². The number of halogens is 1. The minimum absolute atomic E-state index is 0.101. The van der Waals surface area contributed by atoms with Crippen molar-refractivity contribution >= 4 is 22.8 Å². The topological polar surface area (TPSA) is 70.9 Å². The van der Waals surface area contributed by atoms with Gasteiger partial charge in [0.25, 0.3) is 0 Å². The minimum atomic E-state index is -0.259. The summed E-state index contributed by atoms with van der Waals surface area (Å²) in [6, 6.07) is 25.1. The number of rotatable bonds is 9. The highest BCUT2D eigenvalue weighted by atomic mass is 19.1. The molecule has 0 aliphatic rings. The van der Waals surface area contributed by atoms with Crippen molar-refractivity contribution in [1.82, 2.24) is 9.97 Å². The van der Waals surface area contributed by atoms with Gasteiger partial charge in [-0.05, 0) is 83.3 Å². The average molecular weight is 517 g/mol. The molecule has 0 aliphatic carbocycles. The van der Waals surface area contributed by atoms with Crippen molar-refractivity contribution in [2.75, 3.05) is 12.4 Å². The van der Waals surface area contributed by atoms with Crippen molar-refractivity contribution in [3.8, 4) is 5.88 Å². The van der Waals surface area contributed by atoms with E-state index in [1.807, 2.05) is 42.6 Å². The third-order valence-electron chi connectivity index (χ3n) is 6.88. The first-order chi connectivity index (χ1) is 19.1. The van der Waals surface area contributed by atoms with Gasteiger partial charge in [-0.2, -0.15) is 0 Å². The van der Waals surface area contributed by atoms with E-state index < -0.39 is 0 Å². The second-order valence-electron chi connectivity index (χ2n) is 9.32. The van der Waals surface area contributed by atoms with E-state index in [0.29, 0.717) is 12.3 Å². The van der Waals surface area contributed by atoms with E-state index in [1.54, 1.807) is 25.6 Å². The van der Waals surface area contributed by atoms with E-state index in [-0.39, 0.29) is 11.7 Å². The molecule has 1 atom stereocenters. The molecule has 0 radical (unpaired) electrons. The van der Waals surface area contributed by atoms with E-state index in [9.17, 15) is 4.39 Å². The normalized spacial score (nSPS) is 12.0. The van der Waals surface area contributed by atoms with Crippen molar-refractivity contribution in [2.24, 2.45) is 0 Å². The van der Waals surface area contributed by atoms with Crippen LogP contribution in [0.5, 0.6) is 5.88 Å². The number of aryl methyl sites for hydroxylation is 1. The highest BCUT2D eigenvalue weighted by Crippen LogP contribution is 2.36. The van der Waals surface area contributed by atoms with Crippen LogP contribution in [0, 0.1) is 18.2 Å². The Morgan fingerprint density at radius 1 is 0.974 bits per heavy atom. The number of anilines is 1. The van der Waals surface area contributed by atoms with E-state index in [4.69, 9.17) is 15.1 Å². The molecule has 5 rings (SSSR count). The number of allylic oxidation sites excluding steroid dienone is 1. The number of hydrogen-bond donors (Lipinski definition) is 2. The van der Waals surface area contributed by atoms with Crippen molar-refractivity contribution in [1.29, 1.82) is 5.41 Å². The second-order valence-corrected chi connectivity index (χ2v) is 9.32. The van der Waals surface area contributed by atoms with Crippen LogP contribution in [0.1, 0.15) is 39.3 Å². The van der Waals surface area contributed by atoms with Crippen molar-refractivity contribution in [3.63, 3.8) is 0 Å². The first kappa shape index (κ1) is 25.8. The molecule has 5 nitrogen and oxygen atoms in total. The first-order valence-corrected chi connectivity index (χ1v) is 12.7. The predicted octanol–water partition coefficient (Wildman–Crippen LogP) is 7.43. The standard InChI is InChI=1S/C33H29FN4O/c1-22-29-20-25(32(26-5-3-17-36-21-26)24-8-11-27(34)12-9-24)10-15-31(29)38-33(39-2)30(22)19-23-6-13-28(14-7-23)37-18-4-16-35/h3-18,20-21,32,35,37H,19H2,1-2H3/b18-4-,35-16?. The van der Waals surface area contributed by atoms with Crippen LogP contribution in [0.3, 0.4) is 0 Å². The number of pyridine rings is 2. The van der Waals surface area contributed by atoms with Crippen molar-refractivity contribution in [3.05, 3.63) is 143 Å². The van der Waals surface area contributed by atoms with Gasteiger partial charge in [0.05, 0.1) is 12.6 Å². The van der Waals surface area contributed by atoms with Crippen LogP contribution in [0.2, 0.25) is 0 Å². The molecule has 0 fully saturated rings. The van der Waals surface area contributed by atoms with Crippen LogP contribution in [-0.2, 0) is 6.42 Å². The highest BCUT2D eigenvalue weighted by molar-refractivity contribution is 5.85. The Balaban J connectivity index is 1.56. The van der Waals surface area contributed by atoms with Gasteiger partial charge < -0.3 is 15.5 Å². The molecule has 0 bridgehead atoms. The van der Waals surface area contributed by atoms with Crippen LogP contribution in [0.15, 0.2) is 104 Å². The molecule has 0 saturated carbocycles. The number of hydrogen-bond acceptors (Lipinski definition) is 5. The van der Waals surface area contributed by atoms with Gasteiger partial charge in [0.2, 0.25) is 5.88 Å². The molecule has 6 heteroatoms. The Kier molecular flexibility index (Phi) is 7.73. The van der Waals surface area contributed by atoms with Gasteiger partial charge in [0.1, 0.15) is 5.82 Å². The lowest BCUT2D eigenvalue weighted by molar-refractivity contribution is 0.394. The molecule has 1 unspecified atom stereocenters. The van der Waals surface area contributed by atoms with Crippen LogP contribution in [0.25, 0.3) is 10.9 Å². The summed E-state index contributed by atoms with van der Waals surface area (Å²) < 4.78 is 19.5. The Morgan fingerprint density at radius 2 is 1.74 bits per heavy atom.